The van der Waals surface area contributed by atoms with E-state index in [1.807, 2.05) is 0 Å². The summed E-state index contributed by atoms with van der Waals surface area (Å²) >= 11 is 0. The number of rotatable bonds is 6. The van der Waals surface area contributed by atoms with Gasteiger partial charge in [-0.1, -0.05) is 0 Å². The molecule has 1 fully saturated rings. The zero-order valence-electron chi connectivity index (χ0n) is 12.9. The van der Waals surface area contributed by atoms with E-state index >= 15 is 0 Å². The van der Waals surface area contributed by atoms with Crippen molar-refractivity contribution < 1.29 is 9.84 Å². The number of aliphatic hydroxyl groups excluding tert-OH is 1. The summed E-state index contributed by atoms with van der Waals surface area (Å²) in [5.41, 5.74) is 0.813. The molecule has 0 amide bonds. The lowest BCUT2D eigenvalue weighted by molar-refractivity contribution is 0.0819. The Balaban J connectivity index is 1.94. The predicted molar refractivity (Wildman–Crippen MR) is 81.7 cm³/mol. The highest BCUT2D eigenvalue weighted by atomic mass is 16.5. The molecule has 2 heterocycles. The van der Waals surface area contributed by atoms with Crippen LogP contribution in [-0.4, -0.2) is 47.3 Å². The van der Waals surface area contributed by atoms with E-state index in [1.54, 1.807) is 26.3 Å². The topological polar surface area (TPSA) is 67.6 Å². The van der Waals surface area contributed by atoms with Crippen LogP contribution in [0.25, 0.3) is 0 Å². The summed E-state index contributed by atoms with van der Waals surface area (Å²) in [4.78, 5) is 14.3. The van der Waals surface area contributed by atoms with Gasteiger partial charge in [0, 0.05) is 32.8 Å². The van der Waals surface area contributed by atoms with Gasteiger partial charge in [0.25, 0.3) is 5.56 Å². The fourth-order valence-corrected chi connectivity index (χ4v) is 2.65. The van der Waals surface area contributed by atoms with Crippen molar-refractivity contribution in [3.8, 4) is 0 Å². The van der Waals surface area contributed by atoms with Gasteiger partial charge < -0.3 is 14.7 Å². The average Bonchev–Trinajstić information content (AvgIpc) is 2.48. The van der Waals surface area contributed by atoms with Crippen molar-refractivity contribution in [2.24, 2.45) is 0 Å². The first kappa shape index (κ1) is 16.0. The maximum Gasteiger partial charge on any atom is 0.268 e. The third kappa shape index (κ3) is 4.54. The molecule has 118 valence electrons. The molecule has 1 aromatic rings. The van der Waals surface area contributed by atoms with Crippen molar-refractivity contribution in [2.45, 2.75) is 51.4 Å². The summed E-state index contributed by atoms with van der Waals surface area (Å²) in [6.07, 6.45) is 5.15. The number of aryl methyl sites for hydroxylation is 1. The van der Waals surface area contributed by atoms with Crippen LogP contribution in [0.1, 0.15) is 32.6 Å². The summed E-state index contributed by atoms with van der Waals surface area (Å²) in [6, 6.07) is 1.66. The molecule has 1 aromatic heterocycles. The number of aromatic nitrogens is 2. The van der Waals surface area contributed by atoms with Crippen molar-refractivity contribution >= 4 is 5.69 Å². The third-order valence-corrected chi connectivity index (χ3v) is 3.99. The summed E-state index contributed by atoms with van der Waals surface area (Å²) in [5, 5.41) is 13.5. The van der Waals surface area contributed by atoms with E-state index in [9.17, 15) is 9.90 Å². The fourth-order valence-electron chi connectivity index (χ4n) is 2.65. The van der Waals surface area contributed by atoms with Crippen LogP contribution in [-0.2, 0) is 11.3 Å². The summed E-state index contributed by atoms with van der Waals surface area (Å²) in [5.74, 6) is 0. The molecule has 21 heavy (non-hydrogen) atoms. The minimum atomic E-state index is -0.331. The molecule has 1 unspecified atom stereocenters. The molecule has 1 N–H and O–H groups in total. The highest BCUT2D eigenvalue weighted by molar-refractivity contribution is 5.43. The van der Waals surface area contributed by atoms with Crippen LogP contribution in [0.4, 0.5) is 5.69 Å². The lowest BCUT2D eigenvalue weighted by Crippen LogP contribution is -2.37. The number of nitrogens with zero attached hydrogens (tertiary/aromatic N) is 3. The quantitative estimate of drug-likeness (QED) is 0.848. The third-order valence-electron chi connectivity index (χ3n) is 3.99. The molecule has 0 saturated carbocycles. The number of anilines is 1. The Hall–Kier alpha value is -1.40. The first-order chi connectivity index (χ1) is 10.1. The molecule has 2 rings (SSSR count). The molecule has 1 aliphatic rings. The lowest BCUT2D eigenvalue weighted by atomic mass is 10.1. The van der Waals surface area contributed by atoms with Crippen LogP contribution in [0, 0.1) is 0 Å². The van der Waals surface area contributed by atoms with Crippen molar-refractivity contribution in [3.63, 3.8) is 0 Å². The van der Waals surface area contributed by atoms with Gasteiger partial charge in [0.05, 0.1) is 24.1 Å². The van der Waals surface area contributed by atoms with Gasteiger partial charge in [-0.25, -0.2) is 4.68 Å². The Bertz CT molecular complexity index is 493. The Morgan fingerprint density at radius 2 is 2.19 bits per heavy atom. The molecule has 0 radical (unpaired) electrons. The molecule has 0 bridgehead atoms. The van der Waals surface area contributed by atoms with Gasteiger partial charge in [-0.2, -0.15) is 5.10 Å². The second-order valence-electron chi connectivity index (χ2n) is 5.69. The molecular formula is C15H25N3O3. The maximum atomic E-state index is 12.1. The zero-order valence-corrected chi connectivity index (χ0v) is 12.9. The number of hydrogen-bond donors (Lipinski definition) is 1. The molecule has 0 aromatic carbocycles. The Morgan fingerprint density at radius 3 is 2.76 bits per heavy atom. The molecule has 6 heteroatoms. The standard InChI is InChI=1S/C15H25N3O3/c1-12(19)4-3-7-18-15(20)10-13(11-16-18)17-8-5-14(21-2)6-9-17/h10-12,14,19H,3-9H2,1-2H3. The van der Waals surface area contributed by atoms with Gasteiger partial charge in [-0.15, -0.1) is 0 Å². The summed E-state index contributed by atoms with van der Waals surface area (Å²) in [6.45, 7) is 4.09. The summed E-state index contributed by atoms with van der Waals surface area (Å²) < 4.78 is 6.82. The van der Waals surface area contributed by atoms with Gasteiger partial charge >= 0.3 is 0 Å². The van der Waals surface area contributed by atoms with Crippen LogP contribution in [0.5, 0.6) is 0 Å². The van der Waals surface area contributed by atoms with Gasteiger partial charge in [0.15, 0.2) is 0 Å². The number of aliphatic hydroxyl groups is 1. The molecule has 1 atom stereocenters. The Labute approximate surface area is 125 Å². The number of ether oxygens (including phenoxy) is 1. The number of piperidine rings is 1. The summed E-state index contributed by atoms with van der Waals surface area (Å²) in [7, 11) is 1.75. The first-order valence-electron chi connectivity index (χ1n) is 7.63. The first-order valence-corrected chi connectivity index (χ1v) is 7.63. The lowest BCUT2D eigenvalue weighted by Gasteiger charge is -2.32. The largest absolute Gasteiger partial charge is 0.393 e. The molecule has 1 saturated heterocycles. The van der Waals surface area contributed by atoms with E-state index in [0.29, 0.717) is 19.1 Å². The van der Waals surface area contributed by atoms with E-state index in [2.05, 4.69) is 10.00 Å². The van der Waals surface area contributed by atoms with Crippen LogP contribution in [0.2, 0.25) is 0 Å². The smallest absolute Gasteiger partial charge is 0.268 e. The minimum Gasteiger partial charge on any atom is -0.393 e. The van der Waals surface area contributed by atoms with Crippen molar-refractivity contribution in [2.75, 3.05) is 25.1 Å². The van der Waals surface area contributed by atoms with E-state index in [1.165, 1.54) is 4.68 Å². The molecular weight excluding hydrogens is 270 g/mol. The molecule has 6 nitrogen and oxygen atoms in total. The monoisotopic (exact) mass is 295 g/mol. The molecule has 0 spiro atoms. The maximum absolute atomic E-state index is 12.1. The minimum absolute atomic E-state index is 0.0769. The normalized spacial score (nSPS) is 18.0. The van der Waals surface area contributed by atoms with Crippen LogP contribution in [0.15, 0.2) is 17.1 Å². The van der Waals surface area contributed by atoms with Crippen LogP contribution < -0.4 is 10.5 Å². The van der Waals surface area contributed by atoms with Crippen molar-refractivity contribution in [3.05, 3.63) is 22.6 Å². The fraction of sp³-hybridized carbons (Fsp3) is 0.733. The van der Waals surface area contributed by atoms with Gasteiger partial charge in [0.2, 0.25) is 0 Å². The van der Waals surface area contributed by atoms with Gasteiger partial charge in [-0.3, -0.25) is 4.79 Å². The van der Waals surface area contributed by atoms with Crippen LogP contribution in [0.3, 0.4) is 0 Å². The van der Waals surface area contributed by atoms with Crippen molar-refractivity contribution in [1.29, 1.82) is 0 Å². The van der Waals surface area contributed by atoms with Crippen molar-refractivity contribution in [1.82, 2.24) is 9.78 Å². The zero-order chi connectivity index (χ0) is 15.2. The predicted octanol–water partition coefficient (Wildman–Crippen LogP) is 1.02. The van der Waals surface area contributed by atoms with E-state index in [-0.39, 0.29) is 11.7 Å². The van der Waals surface area contributed by atoms with Crippen LogP contribution >= 0.6 is 0 Å². The van der Waals surface area contributed by atoms with Gasteiger partial charge in [-0.05, 0) is 32.6 Å². The Morgan fingerprint density at radius 1 is 1.48 bits per heavy atom. The highest BCUT2D eigenvalue weighted by Gasteiger charge is 2.19. The van der Waals surface area contributed by atoms with Gasteiger partial charge in [0.1, 0.15) is 0 Å². The Kier molecular flexibility index (Phi) is 5.76. The highest BCUT2D eigenvalue weighted by Crippen LogP contribution is 2.18. The molecule has 1 aliphatic heterocycles. The number of hydrogen-bond acceptors (Lipinski definition) is 5. The second-order valence-corrected chi connectivity index (χ2v) is 5.69. The SMILES string of the molecule is COC1CCN(c2cnn(CCCC(C)O)c(=O)c2)CC1. The second kappa shape index (κ2) is 7.56. The van der Waals surface area contributed by atoms with E-state index < -0.39 is 0 Å². The van der Waals surface area contributed by atoms with E-state index in [0.717, 1.165) is 38.0 Å². The average molecular weight is 295 g/mol. The number of methoxy groups -OCH3 is 1. The van der Waals surface area contributed by atoms with E-state index in [4.69, 9.17) is 4.74 Å². The molecule has 0 aliphatic carbocycles.